The largest absolute Gasteiger partial charge is 0.361 e. The Hall–Kier alpha value is -2.16. The van der Waals surface area contributed by atoms with Gasteiger partial charge in [-0.1, -0.05) is 17.3 Å². The van der Waals surface area contributed by atoms with E-state index in [1.165, 1.54) is 0 Å². The summed E-state index contributed by atoms with van der Waals surface area (Å²) in [5.41, 5.74) is 1.94. The predicted octanol–water partition coefficient (Wildman–Crippen LogP) is 3.20. The molecule has 0 aliphatic heterocycles. The van der Waals surface area contributed by atoms with Crippen LogP contribution < -0.4 is 0 Å². The van der Waals surface area contributed by atoms with E-state index in [0.717, 1.165) is 27.8 Å². The molecule has 0 amide bonds. The molecule has 0 bridgehead atoms. The summed E-state index contributed by atoms with van der Waals surface area (Å²) in [7, 11) is 0. The molecule has 0 aliphatic carbocycles. The van der Waals surface area contributed by atoms with Gasteiger partial charge in [0, 0.05) is 29.4 Å². The lowest BCUT2D eigenvalue weighted by Gasteiger charge is -1.99. The molecule has 0 saturated carbocycles. The van der Waals surface area contributed by atoms with Gasteiger partial charge in [0.2, 0.25) is 0 Å². The zero-order valence-electron chi connectivity index (χ0n) is 8.84. The molecule has 0 fully saturated rings. The van der Waals surface area contributed by atoms with Gasteiger partial charge < -0.3 is 4.52 Å². The maximum atomic E-state index is 5.07. The van der Waals surface area contributed by atoms with Crippen molar-refractivity contribution in [3.05, 3.63) is 48.5 Å². The van der Waals surface area contributed by atoms with E-state index in [-0.39, 0.29) is 0 Å². The van der Waals surface area contributed by atoms with Gasteiger partial charge in [0.15, 0.2) is 0 Å². The van der Waals surface area contributed by atoms with Crippen LogP contribution in [0.2, 0.25) is 0 Å². The van der Waals surface area contributed by atoms with Crippen LogP contribution in [0.1, 0.15) is 5.76 Å². The van der Waals surface area contributed by atoms with Gasteiger partial charge in [0.1, 0.15) is 11.5 Å². The molecule has 2 aromatic heterocycles. The molecule has 3 aromatic rings. The van der Waals surface area contributed by atoms with Crippen molar-refractivity contribution in [2.75, 3.05) is 0 Å². The molecule has 0 atom stereocenters. The Kier molecular flexibility index (Phi) is 1.96. The van der Waals surface area contributed by atoms with Gasteiger partial charge in [-0.15, -0.1) is 0 Å². The highest BCUT2D eigenvalue weighted by atomic mass is 16.5. The van der Waals surface area contributed by atoms with E-state index in [1.807, 2.05) is 37.4 Å². The molecule has 0 unspecified atom stereocenters. The van der Waals surface area contributed by atoms with Gasteiger partial charge in [-0.2, -0.15) is 0 Å². The minimum absolute atomic E-state index is 0.824. The maximum absolute atomic E-state index is 5.07. The van der Waals surface area contributed by atoms with Crippen molar-refractivity contribution >= 4 is 10.8 Å². The molecule has 1 aromatic carbocycles. The number of rotatable bonds is 1. The molecule has 0 spiro atoms. The molecule has 2 heterocycles. The van der Waals surface area contributed by atoms with Crippen molar-refractivity contribution in [1.82, 2.24) is 10.1 Å². The van der Waals surface area contributed by atoms with Crippen LogP contribution in [0.5, 0.6) is 0 Å². The standard InChI is InChI=1S/C13H10N2O/c1-9-6-13(15-16-9)11-2-3-12-8-14-5-4-10(12)7-11/h2-8H,1H3. The first-order valence-corrected chi connectivity index (χ1v) is 5.10. The van der Waals surface area contributed by atoms with E-state index < -0.39 is 0 Å². The van der Waals surface area contributed by atoms with E-state index in [1.54, 1.807) is 6.20 Å². The second-order valence-electron chi connectivity index (χ2n) is 3.76. The first kappa shape index (κ1) is 9.09. The third-order valence-corrected chi connectivity index (χ3v) is 2.56. The quantitative estimate of drug-likeness (QED) is 0.619. The van der Waals surface area contributed by atoms with E-state index in [4.69, 9.17) is 4.52 Å². The zero-order chi connectivity index (χ0) is 11.0. The van der Waals surface area contributed by atoms with Gasteiger partial charge in [-0.05, 0) is 24.4 Å². The number of hydrogen-bond acceptors (Lipinski definition) is 3. The van der Waals surface area contributed by atoms with E-state index in [0.29, 0.717) is 0 Å². The summed E-state index contributed by atoms with van der Waals surface area (Å²) in [6, 6.07) is 10.1. The molecule has 3 rings (SSSR count). The van der Waals surface area contributed by atoms with E-state index in [2.05, 4.69) is 16.2 Å². The first-order valence-electron chi connectivity index (χ1n) is 5.10. The molecular weight excluding hydrogens is 200 g/mol. The minimum atomic E-state index is 0.824. The van der Waals surface area contributed by atoms with Crippen LogP contribution in [-0.4, -0.2) is 10.1 Å². The Morgan fingerprint density at radius 3 is 2.81 bits per heavy atom. The summed E-state index contributed by atoms with van der Waals surface area (Å²) in [6.07, 6.45) is 3.65. The van der Waals surface area contributed by atoms with Gasteiger partial charge in [-0.25, -0.2) is 0 Å². The number of pyridine rings is 1. The third kappa shape index (κ3) is 1.46. The number of hydrogen-bond donors (Lipinski definition) is 0. The van der Waals surface area contributed by atoms with Gasteiger partial charge in [0.05, 0.1) is 0 Å². The smallest absolute Gasteiger partial charge is 0.134 e. The average Bonchev–Trinajstić information content (AvgIpc) is 2.75. The van der Waals surface area contributed by atoms with Crippen molar-refractivity contribution < 1.29 is 4.52 Å². The van der Waals surface area contributed by atoms with Gasteiger partial charge in [0.25, 0.3) is 0 Å². The van der Waals surface area contributed by atoms with E-state index >= 15 is 0 Å². The van der Waals surface area contributed by atoms with Crippen molar-refractivity contribution in [2.24, 2.45) is 0 Å². The van der Waals surface area contributed by atoms with Crippen LogP contribution in [0.3, 0.4) is 0 Å². The number of fused-ring (bicyclic) bond motifs is 1. The first-order chi connectivity index (χ1) is 7.83. The second kappa shape index (κ2) is 3.45. The molecule has 78 valence electrons. The molecule has 0 saturated heterocycles. The van der Waals surface area contributed by atoms with Gasteiger partial charge >= 0.3 is 0 Å². The summed E-state index contributed by atoms with van der Waals surface area (Å²) in [4.78, 5) is 4.09. The highest BCUT2D eigenvalue weighted by Crippen LogP contribution is 2.23. The summed E-state index contributed by atoms with van der Waals surface area (Å²) in [6.45, 7) is 1.89. The van der Waals surface area contributed by atoms with Crippen molar-refractivity contribution in [2.45, 2.75) is 6.92 Å². The third-order valence-electron chi connectivity index (χ3n) is 2.56. The Balaban J connectivity index is 2.18. The summed E-state index contributed by atoms with van der Waals surface area (Å²) in [5.74, 6) is 0.824. The summed E-state index contributed by atoms with van der Waals surface area (Å²) in [5, 5.41) is 6.29. The molecule has 16 heavy (non-hydrogen) atoms. The molecule has 0 aliphatic rings. The van der Waals surface area contributed by atoms with Crippen LogP contribution in [0.25, 0.3) is 22.0 Å². The predicted molar refractivity (Wildman–Crippen MR) is 62.0 cm³/mol. The lowest BCUT2D eigenvalue weighted by Crippen LogP contribution is -1.79. The number of aryl methyl sites for hydroxylation is 1. The number of nitrogens with zero attached hydrogens (tertiary/aromatic N) is 2. The Morgan fingerprint density at radius 1 is 1.06 bits per heavy atom. The van der Waals surface area contributed by atoms with Crippen molar-refractivity contribution in [3.63, 3.8) is 0 Å². The SMILES string of the molecule is Cc1cc(-c2ccc3cnccc3c2)no1. The topological polar surface area (TPSA) is 38.9 Å². The molecule has 0 N–H and O–H groups in total. The Bertz CT molecular complexity index is 643. The zero-order valence-corrected chi connectivity index (χ0v) is 8.84. The van der Waals surface area contributed by atoms with Crippen LogP contribution in [0.15, 0.2) is 47.2 Å². The molecule has 3 nitrogen and oxygen atoms in total. The van der Waals surface area contributed by atoms with Crippen LogP contribution >= 0.6 is 0 Å². The number of aromatic nitrogens is 2. The van der Waals surface area contributed by atoms with Gasteiger partial charge in [-0.3, -0.25) is 4.98 Å². The van der Waals surface area contributed by atoms with Crippen LogP contribution in [0.4, 0.5) is 0 Å². The number of benzene rings is 1. The van der Waals surface area contributed by atoms with Crippen molar-refractivity contribution in [1.29, 1.82) is 0 Å². The maximum Gasteiger partial charge on any atom is 0.134 e. The highest BCUT2D eigenvalue weighted by molar-refractivity contribution is 5.85. The summed E-state index contributed by atoms with van der Waals surface area (Å²) < 4.78 is 5.07. The fourth-order valence-electron chi connectivity index (χ4n) is 1.75. The van der Waals surface area contributed by atoms with E-state index in [9.17, 15) is 0 Å². The summed E-state index contributed by atoms with van der Waals surface area (Å²) >= 11 is 0. The van der Waals surface area contributed by atoms with Crippen LogP contribution in [0, 0.1) is 6.92 Å². The van der Waals surface area contributed by atoms with Crippen LogP contribution in [-0.2, 0) is 0 Å². The minimum Gasteiger partial charge on any atom is -0.361 e. The second-order valence-corrected chi connectivity index (χ2v) is 3.76. The monoisotopic (exact) mass is 210 g/mol. The average molecular weight is 210 g/mol. The lowest BCUT2D eigenvalue weighted by molar-refractivity contribution is 0.399. The lowest BCUT2D eigenvalue weighted by atomic mass is 10.1. The molecular formula is C13H10N2O. The fourth-order valence-corrected chi connectivity index (χ4v) is 1.75. The van der Waals surface area contributed by atoms with Crippen molar-refractivity contribution in [3.8, 4) is 11.3 Å². The normalized spacial score (nSPS) is 10.8. The highest BCUT2D eigenvalue weighted by Gasteiger charge is 2.04. The molecule has 3 heteroatoms. The Labute approximate surface area is 92.7 Å². The fraction of sp³-hybridized carbons (Fsp3) is 0.0769. The molecule has 0 radical (unpaired) electrons. The Morgan fingerprint density at radius 2 is 2.00 bits per heavy atom.